The van der Waals surface area contributed by atoms with Crippen LogP contribution < -0.4 is 0 Å². The van der Waals surface area contributed by atoms with Crippen molar-refractivity contribution < 1.29 is 23.2 Å². The van der Waals surface area contributed by atoms with Crippen molar-refractivity contribution in [2.45, 2.75) is 200 Å². The first kappa shape index (κ1) is 41.3. The number of ketones is 1. The number of ether oxygens (including phenoxy) is 1. The smallest absolute Gasteiger partial charge is 0.306 e. The van der Waals surface area contributed by atoms with Crippen molar-refractivity contribution in [1.82, 2.24) is 0 Å². The van der Waals surface area contributed by atoms with Gasteiger partial charge >= 0.3 is 5.97 Å². The molecule has 0 aliphatic heterocycles. The van der Waals surface area contributed by atoms with Crippen LogP contribution in [-0.2, 0) is 23.2 Å². The minimum Gasteiger partial charge on any atom is -0.463 e. The zero-order valence-corrected chi connectivity index (χ0v) is 32.5. The highest BCUT2D eigenvalue weighted by Gasteiger charge is 2.48. The minimum atomic E-state index is -1.82. The third kappa shape index (κ3) is 14.3. The van der Waals surface area contributed by atoms with Crippen molar-refractivity contribution in [3.8, 4) is 0 Å². The molecule has 1 rings (SSSR count). The fraction of sp³-hybridized carbons (Fsp3) is 0.892. The van der Waals surface area contributed by atoms with E-state index in [0.717, 1.165) is 81.2 Å². The van der Waals surface area contributed by atoms with Crippen LogP contribution in [0.3, 0.4) is 0 Å². The Hall–Kier alpha value is -0.766. The Morgan fingerprint density at radius 1 is 0.682 bits per heavy atom. The number of rotatable bonds is 26. The van der Waals surface area contributed by atoms with E-state index in [1.165, 1.54) is 25.7 Å². The van der Waals surface area contributed by atoms with E-state index in [1.54, 1.807) is 0 Å². The quantitative estimate of drug-likeness (QED) is 0.0403. The molecule has 0 N–H and O–H groups in total. The molecule has 7 heteroatoms. The first-order valence-electron chi connectivity index (χ1n) is 18.8. The second-order valence-electron chi connectivity index (χ2n) is 13.7. The lowest BCUT2D eigenvalue weighted by molar-refractivity contribution is -0.147. The van der Waals surface area contributed by atoms with Crippen LogP contribution in [0.1, 0.15) is 146 Å². The van der Waals surface area contributed by atoms with Gasteiger partial charge in [0, 0.05) is 19.3 Å². The highest BCUT2D eigenvalue weighted by Crippen LogP contribution is 2.45. The van der Waals surface area contributed by atoms with Gasteiger partial charge in [-0.3, -0.25) is 9.59 Å². The van der Waals surface area contributed by atoms with Gasteiger partial charge in [0.15, 0.2) is 16.6 Å². The number of carbonyl (C=O) groups is 2. The first-order chi connectivity index (χ1) is 21.1. The second-order valence-corrected chi connectivity index (χ2v) is 23.2. The van der Waals surface area contributed by atoms with Crippen molar-refractivity contribution in [2.24, 2.45) is 11.8 Å². The molecule has 258 valence electrons. The van der Waals surface area contributed by atoms with E-state index in [2.05, 4.69) is 60.6 Å². The summed E-state index contributed by atoms with van der Waals surface area (Å²) in [5, 5.41) is 0. The summed E-state index contributed by atoms with van der Waals surface area (Å²) in [4.78, 5) is 25.1. The number of esters is 1. The van der Waals surface area contributed by atoms with E-state index in [0.29, 0.717) is 30.5 Å². The van der Waals surface area contributed by atoms with Crippen LogP contribution in [0.4, 0.5) is 0 Å². The number of hydrogen-bond donors (Lipinski definition) is 0. The fourth-order valence-corrected chi connectivity index (χ4v) is 13.0. The summed E-state index contributed by atoms with van der Waals surface area (Å²) in [5.41, 5.74) is 0. The predicted octanol–water partition coefficient (Wildman–Crippen LogP) is 11.2. The van der Waals surface area contributed by atoms with E-state index in [4.69, 9.17) is 13.6 Å². The monoisotopic (exact) mass is 652 g/mol. The first-order valence-corrected chi connectivity index (χ1v) is 23.9. The maximum Gasteiger partial charge on any atom is 0.306 e. The summed E-state index contributed by atoms with van der Waals surface area (Å²) in [6, 6.07) is 6.88. The summed E-state index contributed by atoms with van der Waals surface area (Å²) in [5.74, 6) is 1.04. The van der Waals surface area contributed by atoms with Crippen LogP contribution in [0.2, 0.25) is 36.3 Å². The van der Waals surface area contributed by atoms with Crippen LogP contribution in [0.15, 0.2) is 12.2 Å². The molecule has 1 fully saturated rings. The standard InChI is InChI=1S/C37H72O5Si2/c1-10-17-18-19-22-25-32(38)28-29-34-33(26-23-20-21-24-27-37(39)40-31(8)9)35(41-43(11-2,12-3)13-4)30-36(34)42-44(14-5,15-6)16-7/h20,23,31,33-36H,10-19,21-22,24-30H2,1-9H3/b23-20-/t33-,34-,35+,36-/m1/s1. The van der Waals surface area contributed by atoms with Gasteiger partial charge < -0.3 is 13.6 Å². The molecule has 0 aromatic carbocycles. The van der Waals surface area contributed by atoms with Gasteiger partial charge in [0.1, 0.15) is 5.78 Å². The van der Waals surface area contributed by atoms with Gasteiger partial charge in [-0.25, -0.2) is 0 Å². The highest BCUT2D eigenvalue weighted by molar-refractivity contribution is 6.74. The topological polar surface area (TPSA) is 61.8 Å². The van der Waals surface area contributed by atoms with E-state index in [-0.39, 0.29) is 24.3 Å². The highest BCUT2D eigenvalue weighted by atomic mass is 28.4. The van der Waals surface area contributed by atoms with Gasteiger partial charge in [-0.1, -0.05) is 86.3 Å². The van der Waals surface area contributed by atoms with Crippen molar-refractivity contribution in [2.75, 3.05) is 0 Å². The molecule has 0 unspecified atom stereocenters. The van der Waals surface area contributed by atoms with Crippen LogP contribution in [-0.4, -0.2) is 46.7 Å². The average Bonchev–Trinajstić information content (AvgIpc) is 3.33. The maximum atomic E-state index is 13.1. The normalized spacial score (nSPS) is 21.0. The lowest BCUT2D eigenvalue weighted by Gasteiger charge is -2.35. The second kappa shape index (κ2) is 22.7. The number of allylic oxidation sites excluding steroid dienone is 2. The molecule has 0 saturated heterocycles. The van der Waals surface area contributed by atoms with Crippen LogP contribution in [0.25, 0.3) is 0 Å². The molecule has 0 aromatic heterocycles. The van der Waals surface area contributed by atoms with Crippen LogP contribution in [0.5, 0.6) is 0 Å². The molecule has 1 saturated carbocycles. The molecular formula is C37H72O5Si2. The molecule has 0 amide bonds. The van der Waals surface area contributed by atoms with Gasteiger partial charge in [0.2, 0.25) is 0 Å². The molecule has 5 nitrogen and oxygen atoms in total. The Bertz CT molecular complexity index is 789. The Balaban J connectivity index is 3.16. The van der Waals surface area contributed by atoms with Crippen molar-refractivity contribution >= 4 is 28.4 Å². The SMILES string of the molecule is CCCCCCCC(=O)CC[C@@H]1[C@@H](C/C=C\CCCC(=O)OC(C)C)[C@@H](O[Si](CC)(CC)CC)C[C@H]1O[Si](CC)(CC)CC. The van der Waals surface area contributed by atoms with Gasteiger partial charge in [0.05, 0.1) is 18.3 Å². The molecule has 1 aliphatic rings. The van der Waals surface area contributed by atoms with Crippen molar-refractivity contribution in [3.05, 3.63) is 12.2 Å². The van der Waals surface area contributed by atoms with Crippen LogP contribution in [0, 0.1) is 11.8 Å². The summed E-state index contributed by atoms with van der Waals surface area (Å²) in [6.45, 7) is 19.9. The lowest BCUT2D eigenvalue weighted by atomic mass is 9.86. The van der Waals surface area contributed by atoms with Gasteiger partial charge in [-0.05, 0) is 100 Å². The van der Waals surface area contributed by atoms with E-state index < -0.39 is 16.6 Å². The zero-order valence-electron chi connectivity index (χ0n) is 30.5. The summed E-state index contributed by atoms with van der Waals surface area (Å²) in [6.07, 6.45) is 17.2. The molecular weight excluding hydrogens is 581 g/mol. The summed E-state index contributed by atoms with van der Waals surface area (Å²) in [7, 11) is -3.63. The van der Waals surface area contributed by atoms with Gasteiger partial charge in [0.25, 0.3) is 0 Å². The minimum absolute atomic E-state index is 0.0580. The molecule has 0 bridgehead atoms. The Morgan fingerprint density at radius 3 is 1.75 bits per heavy atom. The third-order valence-electron chi connectivity index (χ3n) is 10.6. The zero-order chi connectivity index (χ0) is 33.0. The lowest BCUT2D eigenvalue weighted by Crippen LogP contribution is -2.42. The number of hydrogen-bond acceptors (Lipinski definition) is 5. The van der Waals surface area contributed by atoms with Gasteiger partial charge in [-0.2, -0.15) is 0 Å². The number of carbonyl (C=O) groups excluding carboxylic acids is 2. The third-order valence-corrected chi connectivity index (χ3v) is 20.0. The largest absolute Gasteiger partial charge is 0.463 e. The maximum absolute atomic E-state index is 13.1. The molecule has 0 radical (unpaired) electrons. The summed E-state index contributed by atoms with van der Waals surface area (Å²) >= 11 is 0. The van der Waals surface area contributed by atoms with Crippen molar-refractivity contribution in [1.29, 1.82) is 0 Å². The Morgan fingerprint density at radius 2 is 1.23 bits per heavy atom. The molecule has 1 aliphatic carbocycles. The molecule has 0 heterocycles. The van der Waals surface area contributed by atoms with Gasteiger partial charge in [-0.15, -0.1) is 0 Å². The fourth-order valence-electron chi connectivity index (χ4n) is 7.21. The molecule has 4 atom stereocenters. The Kier molecular flexibility index (Phi) is 21.3. The van der Waals surface area contributed by atoms with Crippen molar-refractivity contribution in [3.63, 3.8) is 0 Å². The average molecular weight is 653 g/mol. The van der Waals surface area contributed by atoms with E-state index in [9.17, 15) is 9.59 Å². The van der Waals surface area contributed by atoms with E-state index >= 15 is 0 Å². The number of Topliss-reactive ketones (excluding diaryl/α,β-unsaturated/α-hetero) is 1. The van der Waals surface area contributed by atoms with E-state index in [1.807, 2.05) is 13.8 Å². The number of unbranched alkanes of at least 4 members (excludes halogenated alkanes) is 5. The molecule has 0 aromatic rings. The molecule has 0 spiro atoms. The Labute approximate surface area is 275 Å². The molecule has 44 heavy (non-hydrogen) atoms. The van der Waals surface area contributed by atoms with Crippen LogP contribution >= 0.6 is 0 Å². The predicted molar refractivity (Wildman–Crippen MR) is 192 cm³/mol. The summed E-state index contributed by atoms with van der Waals surface area (Å²) < 4.78 is 19.9.